The van der Waals surface area contributed by atoms with Gasteiger partial charge in [0.05, 0.1) is 22.6 Å². The zero-order chi connectivity index (χ0) is 23.1. The molecule has 0 spiro atoms. The third-order valence-electron chi connectivity index (χ3n) is 6.30. The fraction of sp³-hybridized carbons (Fsp3) is 0.214. The number of rotatable bonds is 4. The van der Waals surface area contributed by atoms with Crippen LogP contribution in [0.15, 0.2) is 84.1 Å². The van der Waals surface area contributed by atoms with E-state index >= 15 is 0 Å². The summed E-state index contributed by atoms with van der Waals surface area (Å²) >= 11 is 0. The molecule has 0 bridgehead atoms. The summed E-state index contributed by atoms with van der Waals surface area (Å²) in [5, 5.41) is 6.47. The van der Waals surface area contributed by atoms with Crippen LogP contribution in [0.4, 0.5) is 11.6 Å². The average Bonchev–Trinajstić information content (AvgIpc) is 3.17. The van der Waals surface area contributed by atoms with E-state index in [4.69, 9.17) is 4.98 Å². The molecule has 4 aromatic rings. The van der Waals surface area contributed by atoms with E-state index in [-0.39, 0.29) is 11.9 Å². The van der Waals surface area contributed by atoms with Crippen LogP contribution in [0, 0.1) is 6.92 Å². The molecule has 0 radical (unpaired) electrons. The lowest BCUT2D eigenvalue weighted by atomic mass is 9.92. The number of anilines is 2. The molecule has 1 aliphatic rings. The Hall–Kier alpha value is -3.86. The number of aryl methyl sites for hydroxylation is 1. The SMILES string of the molecule is CC1=C(C(=O)Nc2ccc(C)cc2)[C@H](c2ccc(C(C)C)cc2)n2c(nc3ccccc32)N1. The van der Waals surface area contributed by atoms with Crippen LogP contribution in [0.2, 0.25) is 0 Å². The summed E-state index contributed by atoms with van der Waals surface area (Å²) in [6.45, 7) is 8.35. The molecule has 1 amide bonds. The molecule has 3 aromatic carbocycles. The Morgan fingerprint density at radius 2 is 1.67 bits per heavy atom. The van der Waals surface area contributed by atoms with Crippen molar-refractivity contribution >= 4 is 28.6 Å². The Labute approximate surface area is 194 Å². The molecule has 0 unspecified atom stereocenters. The monoisotopic (exact) mass is 436 g/mol. The molecule has 0 aliphatic carbocycles. The molecule has 5 heteroatoms. The van der Waals surface area contributed by atoms with Gasteiger partial charge in [-0.05, 0) is 55.2 Å². The van der Waals surface area contributed by atoms with Gasteiger partial charge in [-0.25, -0.2) is 4.98 Å². The first-order valence-electron chi connectivity index (χ1n) is 11.3. The number of allylic oxidation sites excluding steroid dienone is 1. The third-order valence-corrected chi connectivity index (χ3v) is 6.30. The van der Waals surface area contributed by atoms with Gasteiger partial charge in [-0.2, -0.15) is 0 Å². The lowest BCUT2D eigenvalue weighted by Gasteiger charge is -2.31. The van der Waals surface area contributed by atoms with Gasteiger partial charge in [-0.15, -0.1) is 0 Å². The topological polar surface area (TPSA) is 59.0 Å². The van der Waals surface area contributed by atoms with Crippen LogP contribution in [0.3, 0.4) is 0 Å². The van der Waals surface area contributed by atoms with Crippen LogP contribution in [0.5, 0.6) is 0 Å². The van der Waals surface area contributed by atoms with Crippen molar-refractivity contribution in [1.29, 1.82) is 0 Å². The Balaban J connectivity index is 1.64. The molecule has 5 nitrogen and oxygen atoms in total. The number of carbonyl (C=O) groups is 1. The van der Waals surface area contributed by atoms with Crippen molar-refractivity contribution in [2.75, 3.05) is 10.6 Å². The van der Waals surface area contributed by atoms with Crippen molar-refractivity contribution in [1.82, 2.24) is 9.55 Å². The van der Waals surface area contributed by atoms with Crippen LogP contribution < -0.4 is 10.6 Å². The summed E-state index contributed by atoms with van der Waals surface area (Å²) in [5.41, 5.74) is 7.64. The highest BCUT2D eigenvalue weighted by atomic mass is 16.1. The van der Waals surface area contributed by atoms with Crippen LogP contribution in [0.1, 0.15) is 49.4 Å². The number of nitrogens with zero attached hydrogens (tertiary/aromatic N) is 2. The van der Waals surface area contributed by atoms with Gasteiger partial charge in [0.1, 0.15) is 0 Å². The molecule has 0 saturated heterocycles. The molecule has 166 valence electrons. The maximum absolute atomic E-state index is 13.6. The van der Waals surface area contributed by atoms with Gasteiger partial charge in [0.15, 0.2) is 0 Å². The summed E-state index contributed by atoms with van der Waals surface area (Å²) in [7, 11) is 0. The van der Waals surface area contributed by atoms with Crippen molar-refractivity contribution in [3.05, 3.63) is 101 Å². The molecule has 1 aromatic heterocycles. The summed E-state index contributed by atoms with van der Waals surface area (Å²) in [6, 6.07) is 24.2. The molecule has 1 atom stereocenters. The Bertz CT molecular complexity index is 1360. The first-order chi connectivity index (χ1) is 15.9. The van der Waals surface area contributed by atoms with E-state index in [1.807, 2.05) is 56.3 Å². The third kappa shape index (κ3) is 3.80. The van der Waals surface area contributed by atoms with E-state index < -0.39 is 0 Å². The molecule has 5 rings (SSSR count). The fourth-order valence-corrected chi connectivity index (χ4v) is 4.47. The van der Waals surface area contributed by atoms with Gasteiger partial charge >= 0.3 is 0 Å². The van der Waals surface area contributed by atoms with E-state index in [2.05, 4.69) is 59.4 Å². The maximum atomic E-state index is 13.6. The zero-order valence-corrected chi connectivity index (χ0v) is 19.4. The number of imidazole rings is 1. The predicted octanol–water partition coefficient (Wildman–Crippen LogP) is 6.40. The van der Waals surface area contributed by atoms with Crippen LogP contribution in [-0.4, -0.2) is 15.5 Å². The number of hydrogen-bond donors (Lipinski definition) is 2. The summed E-state index contributed by atoms with van der Waals surface area (Å²) < 4.78 is 2.14. The van der Waals surface area contributed by atoms with E-state index in [9.17, 15) is 4.79 Å². The largest absolute Gasteiger partial charge is 0.329 e. The number of carbonyl (C=O) groups excluding carboxylic acids is 1. The number of hydrogen-bond acceptors (Lipinski definition) is 3. The molecule has 1 aliphatic heterocycles. The van der Waals surface area contributed by atoms with Gasteiger partial charge < -0.3 is 10.6 Å². The second-order valence-corrected chi connectivity index (χ2v) is 9.00. The van der Waals surface area contributed by atoms with Gasteiger partial charge in [0, 0.05) is 11.4 Å². The molecule has 2 heterocycles. The maximum Gasteiger partial charge on any atom is 0.255 e. The number of para-hydroxylation sites is 2. The number of nitrogens with one attached hydrogen (secondary N) is 2. The highest BCUT2D eigenvalue weighted by Crippen LogP contribution is 2.39. The minimum absolute atomic E-state index is 0.120. The predicted molar refractivity (Wildman–Crippen MR) is 135 cm³/mol. The van der Waals surface area contributed by atoms with Crippen LogP contribution in [-0.2, 0) is 4.79 Å². The number of amides is 1. The molecule has 33 heavy (non-hydrogen) atoms. The molecule has 0 saturated carbocycles. The quantitative estimate of drug-likeness (QED) is 0.389. The van der Waals surface area contributed by atoms with Crippen molar-refractivity contribution in [2.24, 2.45) is 0 Å². The minimum Gasteiger partial charge on any atom is -0.329 e. The lowest BCUT2D eigenvalue weighted by Crippen LogP contribution is -2.30. The van der Waals surface area contributed by atoms with Gasteiger partial charge in [0.2, 0.25) is 5.95 Å². The summed E-state index contributed by atoms with van der Waals surface area (Å²) in [4.78, 5) is 18.4. The van der Waals surface area contributed by atoms with E-state index in [1.54, 1.807) is 0 Å². The zero-order valence-electron chi connectivity index (χ0n) is 19.4. The van der Waals surface area contributed by atoms with Gasteiger partial charge in [-0.3, -0.25) is 9.36 Å². The average molecular weight is 437 g/mol. The summed E-state index contributed by atoms with van der Waals surface area (Å²) in [5.74, 6) is 1.07. The molecule has 0 fully saturated rings. The first-order valence-corrected chi connectivity index (χ1v) is 11.3. The Morgan fingerprint density at radius 3 is 2.36 bits per heavy atom. The van der Waals surface area contributed by atoms with E-state index in [1.165, 1.54) is 5.56 Å². The van der Waals surface area contributed by atoms with Crippen molar-refractivity contribution in [2.45, 2.75) is 39.7 Å². The molecular weight excluding hydrogens is 408 g/mol. The fourth-order valence-electron chi connectivity index (χ4n) is 4.47. The van der Waals surface area contributed by atoms with Crippen LogP contribution >= 0.6 is 0 Å². The highest BCUT2D eigenvalue weighted by Gasteiger charge is 2.34. The Kier molecular flexibility index (Phi) is 5.25. The smallest absolute Gasteiger partial charge is 0.255 e. The second-order valence-electron chi connectivity index (χ2n) is 9.00. The van der Waals surface area contributed by atoms with E-state index in [0.29, 0.717) is 11.5 Å². The summed E-state index contributed by atoms with van der Waals surface area (Å²) in [6.07, 6.45) is 0. The van der Waals surface area contributed by atoms with Crippen molar-refractivity contribution < 1.29 is 4.79 Å². The van der Waals surface area contributed by atoms with Crippen molar-refractivity contribution in [3.8, 4) is 0 Å². The Morgan fingerprint density at radius 1 is 0.970 bits per heavy atom. The van der Waals surface area contributed by atoms with Crippen molar-refractivity contribution in [3.63, 3.8) is 0 Å². The highest BCUT2D eigenvalue weighted by molar-refractivity contribution is 6.06. The van der Waals surface area contributed by atoms with Crippen LogP contribution in [0.25, 0.3) is 11.0 Å². The number of benzene rings is 3. The molecule has 2 N–H and O–H groups in total. The van der Waals surface area contributed by atoms with E-state index in [0.717, 1.165) is 39.5 Å². The lowest BCUT2D eigenvalue weighted by molar-refractivity contribution is -0.113. The van der Waals surface area contributed by atoms with Gasteiger partial charge in [0.25, 0.3) is 5.91 Å². The first kappa shape index (κ1) is 21.0. The second kappa shape index (κ2) is 8.24. The normalized spacial score (nSPS) is 15.5. The number of fused-ring (bicyclic) bond motifs is 3. The van der Waals surface area contributed by atoms with Gasteiger partial charge in [-0.1, -0.05) is 67.9 Å². The standard InChI is InChI=1S/C28H28N4O/c1-17(2)20-11-13-21(14-12-20)26-25(27(33)30-22-15-9-18(3)10-16-22)19(4)29-28-31-23-7-5-6-8-24(23)32(26)28/h5-17,26H,1-4H3,(H,29,31)(H,30,33)/t26-/m0/s1. The minimum atomic E-state index is -0.291. The molecular formula is C28H28N4O. The number of aromatic nitrogens is 2.